The fraction of sp³-hybridized carbons (Fsp3) is 0.460. The number of unbranched alkanes of at least 4 members (excludes halogenated alkanes) is 3. The fourth-order valence-corrected chi connectivity index (χ4v) is 23.2. The summed E-state index contributed by atoms with van der Waals surface area (Å²) in [5.74, 6) is -0.891. The Morgan fingerprint density at radius 1 is 0.921 bits per heavy atom. The molecule has 63 heavy (non-hydrogen) atoms. The number of fused-ring (bicyclic) bond motifs is 1. The van der Waals surface area contributed by atoms with Gasteiger partial charge < -0.3 is 14.5 Å². The average Bonchev–Trinajstić information content (AvgIpc) is 3.98. The van der Waals surface area contributed by atoms with E-state index in [1.807, 2.05) is 24.3 Å². The fourth-order valence-electron chi connectivity index (χ4n) is 8.24. The Bertz CT molecular complexity index is 2270. The summed E-state index contributed by atoms with van der Waals surface area (Å²) in [6.45, 7) is 11.7. The molecule has 1 unspecified atom stereocenters. The molecule has 0 spiro atoms. The van der Waals surface area contributed by atoms with Crippen LogP contribution in [0.2, 0.25) is 13.3 Å². The summed E-state index contributed by atoms with van der Waals surface area (Å²) in [4.78, 5) is 38.2. The van der Waals surface area contributed by atoms with E-state index in [1.54, 1.807) is 31.3 Å². The maximum absolute atomic E-state index is 15.6. The van der Waals surface area contributed by atoms with Crippen LogP contribution in [0.5, 0.6) is 11.5 Å². The van der Waals surface area contributed by atoms with E-state index in [1.165, 1.54) is 76.1 Å². The zero-order valence-corrected chi connectivity index (χ0v) is 42.3. The first kappa shape index (κ1) is 49.8. The summed E-state index contributed by atoms with van der Waals surface area (Å²) in [6, 6.07) is 15.4. The number of ether oxygens (including phenoxy) is 3. The van der Waals surface area contributed by atoms with Gasteiger partial charge in [0.05, 0.1) is 16.6 Å². The molecule has 0 radical (unpaired) electrons. The number of rotatable bonds is 25. The van der Waals surface area contributed by atoms with E-state index in [-0.39, 0.29) is 48.0 Å². The normalized spacial score (nSPS) is 12.8. The second kappa shape index (κ2) is 24.2. The first-order valence-corrected chi connectivity index (χ1v) is 31.1. The van der Waals surface area contributed by atoms with Crippen LogP contribution in [0, 0.1) is 11.6 Å². The molecule has 0 bridgehead atoms. The van der Waals surface area contributed by atoms with Crippen molar-refractivity contribution in [2.24, 2.45) is 0 Å². The van der Waals surface area contributed by atoms with Gasteiger partial charge >= 0.3 is 208 Å². The van der Waals surface area contributed by atoms with E-state index in [0.29, 0.717) is 42.4 Å². The predicted molar refractivity (Wildman–Crippen MR) is 255 cm³/mol. The number of nitrogens with one attached hydrogen (secondary N) is 2. The van der Waals surface area contributed by atoms with Crippen molar-refractivity contribution >= 4 is 57.3 Å². The topological polar surface area (TPSA) is 110 Å². The van der Waals surface area contributed by atoms with Gasteiger partial charge in [0, 0.05) is 29.6 Å². The van der Waals surface area contributed by atoms with Crippen molar-refractivity contribution in [2.75, 3.05) is 26.8 Å². The third-order valence-electron chi connectivity index (χ3n) is 12.1. The molecular formula is C50H65BrF2N4O5Sn. The predicted octanol–water partition coefficient (Wildman–Crippen LogP) is 14.0. The molecule has 13 heteroatoms. The Hall–Kier alpha value is -4.17. The molecule has 0 aliphatic heterocycles. The summed E-state index contributed by atoms with van der Waals surface area (Å²) in [6.07, 6.45) is 14.6. The van der Waals surface area contributed by atoms with E-state index < -0.39 is 35.4 Å². The molecule has 2 aromatic heterocycles. The molecule has 0 aliphatic rings. The number of aromatic nitrogens is 3. The second-order valence-corrected chi connectivity index (χ2v) is 30.6. The van der Waals surface area contributed by atoms with E-state index in [9.17, 15) is 9.59 Å². The van der Waals surface area contributed by atoms with E-state index in [0.717, 1.165) is 22.2 Å². The number of hydrogen-bond donors (Lipinski definition) is 2. The Morgan fingerprint density at radius 3 is 2.35 bits per heavy atom. The van der Waals surface area contributed by atoms with E-state index in [2.05, 4.69) is 74.8 Å². The van der Waals surface area contributed by atoms with Crippen LogP contribution in [0.1, 0.15) is 109 Å². The molecule has 0 fully saturated rings. The molecule has 0 saturated heterocycles. The minimum absolute atomic E-state index is 0.0182. The van der Waals surface area contributed by atoms with Gasteiger partial charge in [-0.1, -0.05) is 12.1 Å². The molecule has 5 aromatic rings. The molecular weight excluding hydrogens is 973 g/mol. The van der Waals surface area contributed by atoms with Crippen LogP contribution in [-0.4, -0.2) is 77.1 Å². The summed E-state index contributed by atoms with van der Waals surface area (Å²) in [7, 11) is 1.79. The Morgan fingerprint density at radius 2 is 1.65 bits per heavy atom. The summed E-state index contributed by atoms with van der Waals surface area (Å²) in [5, 5.41) is 0.745. The minimum atomic E-state index is -2.48. The van der Waals surface area contributed by atoms with Gasteiger partial charge in [0.2, 0.25) is 0 Å². The van der Waals surface area contributed by atoms with Gasteiger partial charge in [-0.15, -0.1) is 0 Å². The van der Waals surface area contributed by atoms with Crippen molar-refractivity contribution < 1.29 is 32.6 Å². The van der Waals surface area contributed by atoms with Crippen molar-refractivity contribution in [1.29, 1.82) is 0 Å². The van der Waals surface area contributed by atoms with Crippen molar-refractivity contribution in [3.05, 3.63) is 110 Å². The number of likely N-dealkylation sites (N-methyl/N-ethyl adjacent to an activating group) is 1. The Kier molecular flexibility index (Phi) is 19.2. The molecule has 0 saturated carbocycles. The molecule has 2 heterocycles. The van der Waals surface area contributed by atoms with Gasteiger partial charge in [-0.25, -0.2) is 13.8 Å². The molecule has 340 valence electrons. The van der Waals surface area contributed by atoms with Crippen molar-refractivity contribution in [1.82, 2.24) is 19.9 Å². The van der Waals surface area contributed by atoms with Crippen molar-refractivity contribution in [2.45, 2.75) is 118 Å². The molecule has 3 aromatic carbocycles. The number of carbonyl (C=O) groups is 2. The zero-order chi connectivity index (χ0) is 45.4. The third-order valence-corrected chi connectivity index (χ3v) is 27.1. The Labute approximate surface area is 384 Å². The summed E-state index contributed by atoms with van der Waals surface area (Å²) >= 11 is 0.993. The van der Waals surface area contributed by atoms with Gasteiger partial charge in [0.15, 0.2) is 11.6 Å². The average molecular weight is 1040 g/mol. The number of hydrogen-bond acceptors (Lipinski definition) is 6. The Balaban J connectivity index is 1.34. The number of H-pyrrole nitrogens is 2. The molecule has 1 atom stereocenters. The van der Waals surface area contributed by atoms with Crippen LogP contribution >= 0.6 is 15.9 Å². The number of aryl methyl sites for hydroxylation is 1. The van der Waals surface area contributed by atoms with E-state index >= 15 is 8.78 Å². The van der Waals surface area contributed by atoms with Crippen molar-refractivity contribution in [3.8, 4) is 22.9 Å². The number of esters is 1. The van der Waals surface area contributed by atoms with Crippen LogP contribution in [-0.2, 0) is 26.1 Å². The van der Waals surface area contributed by atoms with E-state index in [4.69, 9.17) is 14.2 Å². The zero-order valence-electron chi connectivity index (χ0n) is 37.9. The number of carbonyl (C=O) groups excluding carboxylic acids is 2. The molecule has 5 rings (SSSR count). The third kappa shape index (κ3) is 13.4. The number of aromatic amines is 2. The number of nitrogens with zero attached hydrogens (tertiary/aromatic N) is 2. The maximum atomic E-state index is 15.6. The number of amides is 1. The summed E-state index contributed by atoms with van der Waals surface area (Å²) in [5.41, 5.74) is 2.71. The van der Waals surface area contributed by atoms with Crippen LogP contribution in [0.3, 0.4) is 0 Å². The van der Waals surface area contributed by atoms with Crippen LogP contribution in [0.4, 0.5) is 13.6 Å². The monoisotopic (exact) mass is 1040 g/mol. The molecule has 1 amide bonds. The first-order chi connectivity index (χ1) is 30.4. The first-order valence-electron chi connectivity index (χ1n) is 22.7. The summed E-state index contributed by atoms with van der Waals surface area (Å²) < 4.78 is 54.9. The van der Waals surface area contributed by atoms with Crippen LogP contribution in [0.25, 0.3) is 22.3 Å². The van der Waals surface area contributed by atoms with Crippen LogP contribution < -0.4 is 4.74 Å². The SMILES string of the molecule is CCC[CH2][Sn](/[CH]=C/CN(C)C(=O)OCCCC(C)(c1cccc(CCC(=O)OCC)c1)c1cnc(-c2cc(Oc3c(F)cc4[nH]ccc4c3Br)ccc2F)[nH]1)([CH2]CCC)[CH2]CCC. The standard InChI is InChI=1S/C38H38BrF2N4O5.3C4H9.Sn/c1-5-18-45(4)37(47)49-19-8-16-38(3,25-10-7-9-24(20-25)11-14-33(46)48-6-2)32-23-43-36(44-32)28-21-26(12-13-29(28)40)50-35-30(41)22-31-27(34(35)39)15-17-42-31;3*1-3-4-2;/h1,5,7,9-10,12-13,15,17,20-23,42H,6,8,11,14,16,18-19H2,2-4H3,(H,43,44);3*1,3-4H2,2H3;. The molecule has 9 nitrogen and oxygen atoms in total. The van der Waals surface area contributed by atoms with Gasteiger partial charge in [0.1, 0.15) is 17.4 Å². The number of halogens is 3. The van der Waals surface area contributed by atoms with Crippen LogP contribution in [0.15, 0.2) is 81.6 Å². The molecule has 0 aliphatic carbocycles. The van der Waals surface area contributed by atoms with Gasteiger partial charge in [-0.05, 0) is 59.1 Å². The second-order valence-electron chi connectivity index (χ2n) is 16.8. The molecule has 2 N–H and O–H groups in total. The number of benzene rings is 3. The quantitative estimate of drug-likeness (QED) is 0.0342. The van der Waals surface area contributed by atoms with Gasteiger partial charge in [-0.3, -0.25) is 4.79 Å². The van der Waals surface area contributed by atoms with Gasteiger partial charge in [-0.2, -0.15) is 0 Å². The van der Waals surface area contributed by atoms with Gasteiger partial charge in [0.25, 0.3) is 0 Å². The van der Waals surface area contributed by atoms with Crippen molar-refractivity contribution in [3.63, 3.8) is 0 Å². The number of imidazole rings is 1.